The number of nitrogens with zero attached hydrogens (tertiary/aromatic N) is 3. The summed E-state index contributed by atoms with van der Waals surface area (Å²) < 4.78 is 5.18. The summed E-state index contributed by atoms with van der Waals surface area (Å²) in [5, 5.41) is 0.919. The quantitative estimate of drug-likeness (QED) is 0.614. The normalized spacial score (nSPS) is 19.3. The van der Waals surface area contributed by atoms with E-state index in [0.717, 1.165) is 5.01 Å². The maximum atomic E-state index is 12.0. The van der Waals surface area contributed by atoms with Crippen molar-refractivity contribution < 1.29 is 14.3 Å². The van der Waals surface area contributed by atoms with Gasteiger partial charge in [0.2, 0.25) is 5.88 Å². The summed E-state index contributed by atoms with van der Waals surface area (Å²) in [7, 11) is 0. The van der Waals surface area contributed by atoms with Crippen molar-refractivity contribution in [3.63, 3.8) is 0 Å². The van der Waals surface area contributed by atoms with Crippen molar-refractivity contribution in [2.24, 2.45) is 0 Å². The number of β-lactam (4-membered cyclic amide) rings is 1. The van der Waals surface area contributed by atoms with Gasteiger partial charge in [0.05, 0.1) is 6.20 Å². The number of benzene rings is 1. The highest BCUT2D eigenvalue weighted by atomic mass is 35.5. The van der Waals surface area contributed by atoms with E-state index in [-0.39, 0.29) is 12.5 Å². The summed E-state index contributed by atoms with van der Waals surface area (Å²) in [5.41, 5.74) is 2.91. The molecule has 2 amide bonds. The summed E-state index contributed by atoms with van der Waals surface area (Å²) in [6.07, 6.45) is 4.27. The Labute approximate surface area is 157 Å². The highest BCUT2D eigenvalue weighted by Crippen LogP contribution is 2.43. The van der Waals surface area contributed by atoms with Crippen LogP contribution in [0.2, 0.25) is 10.0 Å². The number of ether oxygens (including phenoxy) is 1. The number of hydrazine groups is 1. The lowest BCUT2D eigenvalue weighted by molar-refractivity contribution is -0.157. The average molecular weight is 402 g/mol. The number of carbonyl (C=O) groups excluding carboxylic acids is 2. The molecular formula is C15H11Cl3N4O3. The second-order valence-corrected chi connectivity index (χ2v) is 6.34. The topological polar surface area (TPSA) is 84.4 Å². The van der Waals surface area contributed by atoms with E-state index >= 15 is 0 Å². The average Bonchev–Trinajstić information content (AvgIpc) is 2.62. The van der Waals surface area contributed by atoms with Crippen molar-refractivity contribution in [2.45, 2.75) is 11.4 Å². The van der Waals surface area contributed by atoms with E-state index in [9.17, 15) is 9.59 Å². The fraction of sp³-hybridized carbons (Fsp3) is 0.200. The number of carbonyl (C=O) groups is 2. The SMILES string of the molecule is O=C(COc1cnccn1)NN1C(=O)C(Cl)C1c1c(Cl)cccc1Cl. The van der Waals surface area contributed by atoms with Gasteiger partial charge in [-0.05, 0) is 12.1 Å². The third kappa shape index (κ3) is 3.63. The molecule has 2 aromatic rings. The minimum absolute atomic E-state index is 0.188. The number of alkyl halides is 1. The van der Waals surface area contributed by atoms with Crippen LogP contribution in [-0.2, 0) is 9.59 Å². The second kappa shape index (κ2) is 7.43. The van der Waals surface area contributed by atoms with Gasteiger partial charge < -0.3 is 4.74 Å². The third-order valence-electron chi connectivity index (χ3n) is 3.46. The van der Waals surface area contributed by atoms with Crippen LogP contribution in [0, 0.1) is 0 Å². The Morgan fingerprint density at radius 2 is 2.00 bits per heavy atom. The van der Waals surface area contributed by atoms with E-state index in [1.54, 1.807) is 18.2 Å². The van der Waals surface area contributed by atoms with Crippen molar-refractivity contribution in [3.8, 4) is 5.88 Å². The molecule has 130 valence electrons. The van der Waals surface area contributed by atoms with Crippen molar-refractivity contribution in [1.82, 2.24) is 20.4 Å². The predicted molar refractivity (Wildman–Crippen MR) is 91.4 cm³/mol. The molecule has 1 aromatic heterocycles. The summed E-state index contributed by atoms with van der Waals surface area (Å²) >= 11 is 18.4. The maximum Gasteiger partial charge on any atom is 0.276 e. The van der Waals surface area contributed by atoms with Crippen LogP contribution in [-0.4, -0.2) is 38.8 Å². The van der Waals surface area contributed by atoms with Crippen LogP contribution < -0.4 is 10.2 Å². The molecule has 1 N–H and O–H groups in total. The van der Waals surface area contributed by atoms with E-state index in [4.69, 9.17) is 39.5 Å². The Hall–Kier alpha value is -2.09. The Kier molecular flexibility index (Phi) is 5.27. The zero-order valence-corrected chi connectivity index (χ0v) is 14.8. The molecule has 2 atom stereocenters. The molecule has 1 saturated heterocycles. The number of halogens is 3. The fourth-order valence-electron chi connectivity index (χ4n) is 2.31. The summed E-state index contributed by atoms with van der Waals surface area (Å²) in [5.74, 6) is -0.834. The molecule has 0 spiro atoms. The van der Waals surface area contributed by atoms with Crippen LogP contribution in [0.5, 0.6) is 5.88 Å². The Morgan fingerprint density at radius 1 is 1.28 bits per heavy atom. The first kappa shape index (κ1) is 17.7. The van der Waals surface area contributed by atoms with E-state index in [1.165, 1.54) is 18.6 Å². The molecule has 0 radical (unpaired) electrons. The van der Waals surface area contributed by atoms with Gasteiger partial charge in [-0.15, -0.1) is 11.6 Å². The molecular weight excluding hydrogens is 391 g/mol. The molecule has 25 heavy (non-hydrogen) atoms. The lowest BCUT2D eigenvalue weighted by atomic mass is 9.95. The van der Waals surface area contributed by atoms with Crippen molar-refractivity contribution in [3.05, 3.63) is 52.4 Å². The van der Waals surface area contributed by atoms with Crippen LogP contribution in [0.1, 0.15) is 11.6 Å². The molecule has 3 rings (SSSR count). The molecule has 1 aliphatic heterocycles. The number of hydrogen-bond donors (Lipinski definition) is 1. The number of nitrogens with one attached hydrogen (secondary N) is 1. The molecule has 10 heteroatoms. The maximum absolute atomic E-state index is 12.0. The highest BCUT2D eigenvalue weighted by Gasteiger charge is 2.49. The largest absolute Gasteiger partial charge is 0.466 e. The molecule has 1 aromatic carbocycles. The van der Waals surface area contributed by atoms with Gasteiger partial charge in [-0.2, -0.15) is 0 Å². The van der Waals surface area contributed by atoms with Crippen LogP contribution in [0.4, 0.5) is 0 Å². The molecule has 2 heterocycles. The van der Waals surface area contributed by atoms with Crippen LogP contribution >= 0.6 is 34.8 Å². The number of hydrogen-bond acceptors (Lipinski definition) is 5. The first-order valence-electron chi connectivity index (χ1n) is 7.08. The zero-order valence-electron chi connectivity index (χ0n) is 12.5. The van der Waals surface area contributed by atoms with Crippen molar-refractivity contribution in [2.75, 3.05) is 6.61 Å². The minimum atomic E-state index is -0.876. The standard InChI is InChI=1S/C15H11Cl3N4O3/c16-8-2-1-3-9(17)12(8)14-13(18)15(24)22(14)21-10(23)7-25-11-6-19-4-5-20-11/h1-6,13-14H,7H2,(H,21,23). The molecule has 7 nitrogen and oxygen atoms in total. The smallest absolute Gasteiger partial charge is 0.276 e. The molecule has 1 fully saturated rings. The Bertz CT molecular complexity index is 786. The summed E-state index contributed by atoms with van der Waals surface area (Å²) in [6.45, 7) is -0.349. The lowest BCUT2D eigenvalue weighted by Crippen LogP contribution is -2.63. The number of aromatic nitrogens is 2. The van der Waals surface area contributed by atoms with Gasteiger partial charge in [0.1, 0.15) is 11.4 Å². The lowest BCUT2D eigenvalue weighted by Gasteiger charge is -2.44. The molecule has 1 aliphatic rings. The van der Waals surface area contributed by atoms with Crippen LogP contribution in [0.15, 0.2) is 36.8 Å². The van der Waals surface area contributed by atoms with Gasteiger partial charge in [0, 0.05) is 28.0 Å². The van der Waals surface area contributed by atoms with Crippen molar-refractivity contribution in [1.29, 1.82) is 0 Å². The third-order valence-corrected chi connectivity index (χ3v) is 4.54. The number of amides is 2. The summed E-state index contributed by atoms with van der Waals surface area (Å²) in [4.78, 5) is 31.7. The first-order valence-corrected chi connectivity index (χ1v) is 8.27. The van der Waals surface area contributed by atoms with E-state index in [0.29, 0.717) is 15.6 Å². The van der Waals surface area contributed by atoms with Gasteiger partial charge in [0.25, 0.3) is 11.8 Å². The van der Waals surface area contributed by atoms with Gasteiger partial charge in [-0.3, -0.25) is 20.0 Å². The van der Waals surface area contributed by atoms with Gasteiger partial charge in [-0.1, -0.05) is 29.3 Å². The van der Waals surface area contributed by atoms with Crippen LogP contribution in [0.3, 0.4) is 0 Å². The molecule has 0 bridgehead atoms. The molecule has 0 aliphatic carbocycles. The van der Waals surface area contributed by atoms with Gasteiger partial charge in [0.15, 0.2) is 6.61 Å². The predicted octanol–water partition coefficient (Wildman–Crippen LogP) is 2.38. The summed E-state index contributed by atoms with van der Waals surface area (Å²) in [6, 6.07) is 4.27. The van der Waals surface area contributed by atoms with E-state index < -0.39 is 23.2 Å². The van der Waals surface area contributed by atoms with Crippen molar-refractivity contribution >= 4 is 46.6 Å². The zero-order chi connectivity index (χ0) is 18.0. The van der Waals surface area contributed by atoms with Gasteiger partial charge >= 0.3 is 0 Å². The monoisotopic (exact) mass is 400 g/mol. The number of rotatable bonds is 5. The Balaban J connectivity index is 1.68. The Morgan fingerprint density at radius 3 is 2.64 bits per heavy atom. The van der Waals surface area contributed by atoms with Crippen LogP contribution in [0.25, 0.3) is 0 Å². The molecule has 0 saturated carbocycles. The van der Waals surface area contributed by atoms with Gasteiger partial charge in [-0.25, -0.2) is 9.99 Å². The highest BCUT2D eigenvalue weighted by molar-refractivity contribution is 6.38. The van der Waals surface area contributed by atoms with E-state index in [1.807, 2.05) is 0 Å². The fourth-order valence-corrected chi connectivity index (χ4v) is 3.28. The second-order valence-electron chi connectivity index (χ2n) is 5.06. The first-order chi connectivity index (χ1) is 12.0. The van der Waals surface area contributed by atoms with E-state index in [2.05, 4.69) is 15.4 Å². The molecule has 2 unspecified atom stereocenters. The minimum Gasteiger partial charge on any atom is -0.466 e.